The van der Waals surface area contributed by atoms with Crippen molar-refractivity contribution in [2.24, 2.45) is 0 Å². The van der Waals surface area contributed by atoms with E-state index in [1.54, 1.807) is 60.2 Å². The van der Waals surface area contributed by atoms with E-state index in [4.69, 9.17) is 44.3 Å². The molecule has 3 amide bonds. The smallest absolute Gasteiger partial charge is 0.333 e. The minimum Gasteiger partial charge on any atom is -0.496 e. The zero-order valence-corrected chi connectivity index (χ0v) is 21.5. The quantitative estimate of drug-likeness (QED) is 0.316. The van der Waals surface area contributed by atoms with Crippen molar-refractivity contribution in [3.8, 4) is 11.5 Å². The van der Waals surface area contributed by atoms with E-state index in [-0.39, 0.29) is 23.9 Å². The first kappa shape index (κ1) is 24.1. The van der Waals surface area contributed by atoms with Crippen molar-refractivity contribution in [1.29, 1.82) is 0 Å². The fourth-order valence-electron chi connectivity index (χ4n) is 4.24. The third-order valence-electron chi connectivity index (χ3n) is 5.86. The van der Waals surface area contributed by atoms with Crippen molar-refractivity contribution in [1.82, 2.24) is 4.90 Å². The number of carbonyl (C=O) groups excluding carboxylic acids is 2. The standard InChI is InChI=1S/C25H19Cl3N2O4S/c1-33-21-8-7-14(9-15(21)12-34-22-18(27)10-16(26)11-19(22)28)24-30-20(13-35-24)23(31)29(25(30)32)17-5-3-2-4-6-17/h2-11,20,24H,12-13H2,1H3/t20-,24+/m0/s1. The summed E-state index contributed by atoms with van der Waals surface area (Å²) in [5, 5.41) is 0.689. The van der Waals surface area contributed by atoms with Gasteiger partial charge in [-0.2, -0.15) is 0 Å². The van der Waals surface area contributed by atoms with Gasteiger partial charge in [-0.15, -0.1) is 11.8 Å². The minimum atomic E-state index is -0.508. The topological polar surface area (TPSA) is 59.1 Å². The molecule has 0 radical (unpaired) electrons. The summed E-state index contributed by atoms with van der Waals surface area (Å²) in [6, 6.07) is 16.9. The second-order valence-corrected chi connectivity index (χ2v) is 10.3. The number of hydrogen-bond donors (Lipinski definition) is 0. The summed E-state index contributed by atoms with van der Waals surface area (Å²) in [5.74, 6) is 1.25. The van der Waals surface area contributed by atoms with Crippen molar-refractivity contribution >= 4 is 64.2 Å². The highest BCUT2D eigenvalue weighted by atomic mass is 35.5. The molecule has 0 bridgehead atoms. The molecule has 180 valence electrons. The molecule has 2 aliphatic rings. The molecule has 2 saturated heterocycles. The van der Waals surface area contributed by atoms with Gasteiger partial charge in [-0.25, -0.2) is 9.69 Å². The van der Waals surface area contributed by atoms with Gasteiger partial charge in [0.2, 0.25) is 0 Å². The van der Waals surface area contributed by atoms with E-state index in [0.717, 1.165) is 11.1 Å². The Bertz CT molecular complexity index is 1280. The van der Waals surface area contributed by atoms with Gasteiger partial charge in [-0.1, -0.05) is 59.1 Å². The lowest BCUT2D eigenvalue weighted by atomic mass is 10.1. The van der Waals surface area contributed by atoms with Crippen LogP contribution in [0, 0.1) is 0 Å². The highest BCUT2D eigenvalue weighted by molar-refractivity contribution is 7.99. The molecule has 0 saturated carbocycles. The Kier molecular flexibility index (Phi) is 6.77. The average molecular weight is 550 g/mol. The van der Waals surface area contributed by atoms with Crippen LogP contribution in [0.4, 0.5) is 10.5 Å². The van der Waals surface area contributed by atoms with E-state index in [0.29, 0.717) is 38.0 Å². The second-order valence-electron chi connectivity index (χ2n) is 7.96. The first-order valence-electron chi connectivity index (χ1n) is 10.7. The van der Waals surface area contributed by atoms with Gasteiger partial charge in [-0.3, -0.25) is 9.69 Å². The van der Waals surface area contributed by atoms with Crippen LogP contribution in [0.5, 0.6) is 11.5 Å². The summed E-state index contributed by atoms with van der Waals surface area (Å²) in [4.78, 5) is 29.3. The van der Waals surface area contributed by atoms with Gasteiger partial charge < -0.3 is 9.47 Å². The molecule has 0 aliphatic carbocycles. The Morgan fingerprint density at radius 2 is 1.71 bits per heavy atom. The van der Waals surface area contributed by atoms with Gasteiger partial charge in [-0.05, 0) is 42.0 Å². The number of ether oxygens (including phenoxy) is 2. The van der Waals surface area contributed by atoms with Crippen LogP contribution in [-0.4, -0.2) is 35.7 Å². The lowest BCUT2D eigenvalue weighted by Gasteiger charge is -2.24. The summed E-state index contributed by atoms with van der Waals surface area (Å²) in [6.45, 7) is 0.127. The number of halogens is 3. The Morgan fingerprint density at radius 3 is 2.40 bits per heavy atom. The van der Waals surface area contributed by atoms with Crippen LogP contribution in [0.3, 0.4) is 0 Å². The van der Waals surface area contributed by atoms with Crippen molar-refractivity contribution in [2.75, 3.05) is 17.8 Å². The summed E-state index contributed by atoms with van der Waals surface area (Å²) >= 11 is 20.1. The average Bonchev–Trinajstić information content (AvgIpc) is 3.38. The number of hydrogen-bond acceptors (Lipinski definition) is 5. The number of rotatable bonds is 6. The van der Waals surface area contributed by atoms with E-state index >= 15 is 0 Å². The molecule has 35 heavy (non-hydrogen) atoms. The number of nitrogens with zero attached hydrogens (tertiary/aromatic N) is 2. The first-order valence-corrected chi connectivity index (χ1v) is 12.8. The van der Waals surface area contributed by atoms with Crippen molar-refractivity contribution in [2.45, 2.75) is 18.0 Å². The summed E-state index contributed by atoms with van der Waals surface area (Å²) < 4.78 is 11.4. The Balaban J connectivity index is 1.42. The van der Waals surface area contributed by atoms with Crippen LogP contribution in [-0.2, 0) is 11.4 Å². The highest BCUT2D eigenvalue weighted by Crippen LogP contribution is 2.47. The SMILES string of the molecule is COc1ccc([C@H]2SC[C@H]3C(=O)N(c4ccccc4)C(=O)N23)cc1COc1c(Cl)cc(Cl)cc1Cl. The molecular weight excluding hydrogens is 531 g/mol. The number of carbonyl (C=O) groups is 2. The molecule has 6 nitrogen and oxygen atoms in total. The highest BCUT2D eigenvalue weighted by Gasteiger charge is 2.53. The maximum Gasteiger partial charge on any atom is 0.333 e. The lowest BCUT2D eigenvalue weighted by molar-refractivity contribution is -0.119. The van der Waals surface area contributed by atoms with Gasteiger partial charge in [0.25, 0.3) is 5.91 Å². The van der Waals surface area contributed by atoms with Crippen molar-refractivity contribution in [3.63, 3.8) is 0 Å². The fraction of sp³-hybridized carbons (Fsp3) is 0.200. The number of anilines is 1. The van der Waals surface area contributed by atoms with Gasteiger partial charge in [0, 0.05) is 16.3 Å². The van der Waals surface area contributed by atoms with Crippen LogP contribution in [0.2, 0.25) is 15.1 Å². The Labute approximate surface area is 221 Å². The molecule has 2 atom stereocenters. The Hall–Kier alpha value is -2.58. The molecule has 2 heterocycles. The molecule has 0 unspecified atom stereocenters. The fourth-order valence-corrected chi connectivity index (χ4v) is 6.57. The van der Waals surface area contributed by atoms with Crippen LogP contribution in [0.1, 0.15) is 16.5 Å². The number of urea groups is 1. The molecule has 5 rings (SSSR count). The van der Waals surface area contributed by atoms with E-state index < -0.39 is 6.04 Å². The van der Waals surface area contributed by atoms with Crippen LogP contribution in [0.25, 0.3) is 0 Å². The molecule has 0 spiro atoms. The maximum atomic E-state index is 13.3. The van der Waals surface area contributed by atoms with E-state index in [2.05, 4.69) is 0 Å². The zero-order valence-electron chi connectivity index (χ0n) is 18.4. The van der Waals surface area contributed by atoms with Gasteiger partial charge >= 0.3 is 6.03 Å². The van der Waals surface area contributed by atoms with Crippen LogP contribution in [0.15, 0.2) is 60.7 Å². The van der Waals surface area contributed by atoms with Crippen molar-refractivity contribution < 1.29 is 19.1 Å². The minimum absolute atomic E-state index is 0.127. The normalized spacial score (nSPS) is 19.3. The summed E-state index contributed by atoms with van der Waals surface area (Å²) in [7, 11) is 1.57. The lowest BCUT2D eigenvalue weighted by Crippen LogP contribution is -2.33. The summed E-state index contributed by atoms with van der Waals surface area (Å²) in [6.07, 6.45) is 0. The van der Waals surface area contributed by atoms with Crippen LogP contribution < -0.4 is 14.4 Å². The van der Waals surface area contributed by atoms with Gasteiger partial charge in [0.05, 0.1) is 22.8 Å². The maximum absolute atomic E-state index is 13.3. The molecule has 3 aromatic rings. The second kappa shape index (κ2) is 9.82. The molecule has 2 fully saturated rings. The van der Waals surface area contributed by atoms with Crippen LogP contribution >= 0.6 is 46.6 Å². The molecule has 2 aliphatic heterocycles. The zero-order chi connectivity index (χ0) is 24.7. The van der Waals surface area contributed by atoms with Gasteiger partial charge in [0.15, 0.2) is 5.75 Å². The van der Waals surface area contributed by atoms with E-state index in [1.807, 2.05) is 24.3 Å². The van der Waals surface area contributed by atoms with E-state index in [1.165, 1.54) is 4.90 Å². The monoisotopic (exact) mass is 548 g/mol. The number of methoxy groups -OCH3 is 1. The molecule has 0 N–H and O–H groups in total. The number of thioether (sulfide) groups is 1. The summed E-state index contributed by atoms with van der Waals surface area (Å²) in [5.41, 5.74) is 2.18. The third-order valence-corrected chi connectivity index (χ3v) is 7.96. The Morgan fingerprint density at radius 1 is 1.00 bits per heavy atom. The van der Waals surface area contributed by atoms with E-state index in [9.17, 15) is 9.59 Å². The van der Waals surface area contributed by atoms with Gasteiger partial charge in [0.1, 0.15) is 23.8 Å². The molecule has 10 heteroatoms. The predicted octanol–water partition coefficient (Wildman–Crippen LogP) is 6.82. The molecule has 0 aromatic heterocycles. The number of amides is 3. The largest absolute Gasteiger partial charge is 0.496 e. The molecular formula is C25H19Cl3N2O4S. The van der Waals surface area contributed by atoms with Crippen molar-refractivity contribution in [3.05, 3.63) is 86.9 Å². The molecule has 3 aromatic carbocycles. The first-order chi connectivity index (χ1) is 16.9. The number of fused-ring (bicyclic) bond motifs is 1. The number of benzene rings is 3. The number of imide groups is 1. The predicted molar refractivity (Wildman–Crippen MR) is 139 cm³/mol. The number of para-hydroxylation sites is 1. The third kappa shape index (κ3) is 4.42.